The Balaban J connectivity index is 2.63. The molecule has 2 aromatic carbocycles. The van der Waals surface area contributed by atoms with E-state index in [2.05, 4.69) is 0 Å². The van der Waals surface area contributed by atoms with Crippen LogP contribution in [0.2, 0.25) is 0 Å². The van der Waals surface area contributed by atoms with Crippen molar-refractivity contribution in [3.63, 3.8) is 0 Å². The van der Waals surface area contributed by atoms with E-state index in [9.17, 15) is 13.2 Å². The predicted octanol–water partition coefficient (Wildman–Crippen LogP) is 3.86. The number of benzene rings is 2. The van der Waals surface area contributed by atoms with Crippen molar-refractivity contribution in [2.75, 3.05) is 0 Å². The molecule has 72 valence electrons. The maximum atomic E-state index is 12.3. The van der Waals surface area contributed by atoms with E-state index in [0.717, 1.165) is 17.5 Å². The minimum atomic E-state index is -4.26. The maximum Gasteiger partial charge on any atom is 0.416 e. The van der Waals surface area contributed by atoms with Gasteiger partial charge in [0.25, 0.3) is 0 Å². The highest BCUT2D eigenvalue weighted by molar-refractivity contribution is 5.83. The first kappa shape index (κ1) is 9.06. The topological polar surface area (TPSA) is 0 Å². The van der Waals surface area contributed by atoms with Crippen molar-refractivity contribution in [3.05, 3.63) is 48.0 Å². The van der Waals surface area contributed by atoms with Gasteiger partial charge in [-0.3, -0.25) is 0 Å². The van der Waals surface area contributed by atoms with Gasteiger partial charge in [0.1, 0.15) is 0 Å². The van der Waals surface area contributed by atoms with Crippen LogP contribution in [0.1, 0.15) is 5.56 Å². The minimum absolute atomic E-state index is 0.601. The molecular weight excluding hydrogens is 189 g/mol. The Labute approximate surface area is 79.0 Å². The van der Waals surface area contributed by atoms with Gasteiger partial charge in [-0.25, -0.2) is 0 Å². The first-order valence-corrected chi connectivity index (χ1v) is 4.13. The summed E-state index contributed by atoms with van der Waals surface area (Å²) in [5, 5.41) is 1.43. The van der Waals surface area contributed by atoms with Crippen LogP contribution in [0.15, 0.2) is 42.5 Å². The second kappa shape index (κ2) is 3.01. The van der Waals surface area contributed by atoms with Gasteiger partial charge in [-0.2, -0.15) is 13.2 Å². The number of hydrogen-bond donors (Lipinski definition) is 0. The van der Waals surface area contributed by atoms with Crippen LogP contribution < -0.4 is 0 Å². The number of alkyl halides is 3. The van der Waals surface area contributed by atoms with Crippen molar-refractivity contribution in [1.29, 1.82) is 0 Å². The van der Waals surface area contributed by atoms with E-state index in [0.29, 0.717) is 5.39 Å². The summed E-state index contributed by atoms with van der Waals surface area (Å²) in [5.74, 6) is 0. The summed E-state index contributed by atoms with van der Waals surface area (Å²) in [6.45, 7) is 0. The molecule has 0 atom stereocenters. The molecule has 0 radical (unpaired) electrons. The maximum absolute atomic E-state index is 12.3. The minimum Gasteiger partial charge on any atom is -0.166 e. The first-order valence-electron chi connectivity index (χ1n) is 4.13. The Kier molecular flexibility index (Phi) is 1.95. The highest BCUT2D eigenvalue weighted by atomic mass is 19.4. The fraction of sp³-hybridized carbons (Fsp3) is 0.0909. The summed E-state index contributed by atoms with van der Waals surface area (Å²) in [5.41, 5.74) is -0.601. The van der Waals surface area contributed by atoms with Crippen LogP contribution in [-0.2, 0) is 6.18 Å². The molecule has 0 saturated carbocycles. The predicted molar refractivity (Wildman–Crippen MR) is 49.0 cm³/mol. The smallest absolute Gasteiger partial charge is 0.166 e. The van der Waals surface area contributed by atoms with Gasteiger partial charge in [0, 0.05) is 0 Å². The average molecular weight is 196 g/mol. The molecule has 0 bridgehead atoms. The lowest BCUT2D eigenvalue weighted by molar-refractivity contribution is -0.137. The molecule has 0 unspecified atom stereocenters. The van der Waals surface area contributed by atoms with Crippen LogP contribution in [-0.4, -0.2) is 0 Å². The molecule has 0 aliphatic heterocycles. The van der Waals surface area contributed by atoms with E-state index in [1.807, 2.05) is 0 Å². The molecule has 0 spiro atoms. The van der Waals surface area contributed by atoms with Crippen molar-refractivity contribution in [2.24, 2.45) is 0 Å². The fourth-order valence-electron chi connectivity index (χ4n) is 1.37. The van der Waals surface area contributed by atoms with E-state index in [1.165, 1.54) is 6.07 Å². The second-order valence-corrected chi connectivity index (χ2v) is 3.06. The highest BCUT2D eigenvalue weighted by Gasteiger charge is 2.30. The molecule has 0 nitrogen and oxygen atoms in total. The summed E-state index contributed by atoms with van der Waals surface area (Å²) in [7, 11) is 0. The summed E-state index contributed by atoms with van der Waals surface area (Å²) in [4.78, 5) is 0. The van der Waals surface area contributed by atoms with Crippen LogP contribution in [0.3, 0.4) is 0 Å². The molecule has 0 aromatic heterocycles. The molecule has 0 N–H and O–H groups in total. The van der Waals surface area contributed by atoms with Crippen LogP contribution >= 0.6 is 0 Å². The zero-order chi connectivity index (χ0) is 10.2. The summed E-state index contributed by atoms with van der Waals surface area (Å²) in [6.07, 6.45) is -4.26. The van der Waals surface area contributed by atoms with Crippen molar-refractivity contribution in [1.82, 2.24) is 0 Å². The van der Waals surface area contributed by atoms with Gasteiger partial charge in [-0.1, -0.05) is 30.3 Å². The molecule has 0 aliphatic rings. The third-order valence-electron chi connectivity index (χ3n) is 2.08. The number of hydrogen-bond acceptors (Lipinski definition) is 0. The molecule has 0 heterocycles. The molecule has 0 fully saturated rings. The van der Waals surface area contributed by atoms with Gasteiger partial charge in [0.2, 0.25) is 0 Å². The Hall–Kier alpha value is -1.51. The summed E-state index contributed by atoms with van der Waals surface area (Å²) < 4.78 is 36.9. The van der Waals surface area contributed by atoms with Gasteiger partial charge in [-0.05, 0) is 22.9 Å². The fourth-order valence-corrected chi connectivity index (χ4v) is 1.37. The first-order chi connectivity index (χ1) is 6.57. The molecule has 2 rings (SSSR count). The Bertz CT molecular complexity index is 457. The number of fused-ring (bicyclic) bond motifs is 1. The van der Waals surface area contributed by atoms with Gasteiger partial charge < -0.3 is 0 Å². The van der Waals surface area contributed by atoms with Crippen LogP contribution in [0, 0.1) is 0 Å². The average Bonchev–Trinajstić information content (AvgIpc) is 2.16. The largest absolute Gasteiger partial charge is 0.416 e. The van der Waals surface area contributed by atoms with Gasteiger partial charge in [-0.15, -0.1) is 0 Å². The van der Waals surface area contributed by atoms with E-state index in [1.54, 1.807) is 24.3 Å². The van der Waals surface area contributed by atoms with E-state index in [-0.39, 0.29) is 0 Å². The Morgan fingerprint density at radius 3 is 2.07 bits per heavy atom. The Morgan fingerprint density at radius 2 is 1.43 bits per heavy atom. The van der Waals surface area contributed by atoms with Crippen molar-refractivity contribution in [3.8, 4) is 0 Å². The molecule has 2 aromatic rings. The summed E-state index contributed by atoms with van der Waals surface area (Å²) >= 11 is 0. The monoisotopic (exact) mass is 196 g/mol. The van der Waals surface area contributed by atoms with Crippen molar-refractivity contribution >= 4 is 10.8 Å². The molecule has 0 amide bonds. The van der Waals surface area contributed by atoms with Crippen molar-refractivity contribution < 1.29 is 13.2 Å². The lowest BCUT2D eigenvalue weighted by Gasteiger charge is -2.07. The zero-order valence-corrected chi connectivity index (χ0v) is 7.18. The van der Waals surface area contributed by atoms with E-state index in [4.69, 9.17) is 0 Å². The molecule has 3 heteroatoms. The third-order valence-corrected chi connectivity index (χ3v) is 2.08. The van der Waals surface area contributed by atoms with Gasteiger partial charge >= 0.3 is 6.18 Å². The molecule has 14 heavy (non-hydrogen) atoms. The standard InChI is InChI=1S/C11H7F3/c12-11(13,14)10-6-5-8-3-1-2-4-9(8)7-10/h1-7H. The lowest BCUT2D eigenvalue weighted by atomic mass is 10.1. The molecular formula is C11H7F3. The highest BCUT2D eigenvalue weighted by Crippen LogP contribution is 2.31. The van der Waals surface area contributed by atoms with E-state index >= 15 is 0 Å². The van der Waals surface area contributed by atoms with Gasteiger partial charge in [0.05, 0.1) is 5.56 Å². The quantitative estimate of drug-likeness (QED) is 0.600. The summed E-state index contributed by atoms with van der Waals surface area (Å²) in [6, 6.07) is 10.7. The van der Waals surface area contributed by atoms with Crippen LogP contribution in [0.4, 0.5) is 13.2 Å². The van der Waals surface area contributed by atoms with E-state index < -0.39 is 11.7 Å². The van der Waals surface area contributed by atoms with Crippen LogP contribution in [0.5, 0.6) is 0 Å². The number of rotatable bonds is 0. The SMILES string of the molecule is FC(F)(F)c1ccc2ccccc2c1. The lowest BCUT2D eigenvalue weighted by Crippen LogP contribution is -2.03. The zero-order valence-electron chi connectivity index (χ0n) is 7.18. The normalized spacial score (nSPS) is 11.9. The second-order valence-electron chi connectivity index (χ2n) is 3.06. The van der Waals surface area contributed by atoms with Gasteiger partial charge in [0.15, 0.2) is 0 Å². The third kappa shape index (κ3) is 1.58. The van der Waals surface area contributed by atoms with Crippen molar-refractivity contribution in [2.45, 2.75) is 6.18 Å². The molecule has 0 aliphatic carbocycles. The van der Waals surface area contributed by atoms with Crippen LogP contribution in [0.25, 0.3) is 10.8 Å². The number of halogens is 3. The molecule has 0 saturated heterocycles. The Morgan fingerprint density at radius 1 is 0.786 bits per heavy atom.